The van der Waals surface area contributed by atoms with E-state index < -0.39 is 0 Å². The molecule has 6 heteroatoms. The van der Waals surface area contributed by atoms with Crippen LogP contribution in [0.15, 0.2) is 15.5 Å². The van der Waals surface area contributed by atoms with Gasteiger partial charge in [-0.3, -0.25) is 0 Å². The second-order valence-electron chi connectivity index (χ2n) is 1.82. The highest BCUT2D eigenvalue weighted by Gasteiger charge is 2.09. The van der Waals surface area contributed by atoms with Crippen LogP contribution < -0.4 is 0 Å². The highest BCUT2D eigenvalue weighted by atomic mass is 16.4. The Morgan fingerprint density at radius 3 is 1.36 bits per heavy atom. The molecule has 0 bridgehead atoms. The van der Waals surface area contributed by atoms with Crippen LogP contribution in [0.25, 0.3) is 0 Å². The van der Waals surface area contributed by atoms with E-state index in [9.17, 15) is 0 Å². The number of nitrogens with zero attached hydrogens (tertiary/aromatic N) is 3. The summed E-state index contributed by atoms with van der Waals surface area (Å²) in [6, 6.07) is 0. The smallest absolute Gasteiger partial charge is 0.151 e. The molecule has 11 heavy (non-hydrogen) atoms. The van der Waals surface area contributed by atoms with Gasteiger partial charge in [-0.1, -0.05) is 15.5 Å². The van der Waals surface area contributed by atoms with E-state index in [-0.39, 0.29) is 17.1 Å². The molecule has 0 spiro atoms. The summed E-state index contributed by atoms with van der Waals surface area (Å²) < 4.78 is 0. The molecule has 0 heterocycles. The van der Waals surface area contributed by atoms with Crippen molar-refractivity contribution in [3.63, 3.8) is 0 Å². The standard InChI is InChI=1S/C5H9N3O3/c1-3(6-9)5(8-11)4(2)7-10/h9-11H,1-2H3/b6-3-,7-4-. The van der Waals surface area contributed by atoms with Gasteiger partial charge in [0.1, 0.15) is 11.4 Å². The third-order valence-electron chi connectivity index (χ3n) is 1.09. The fraction of sp³-hybridized carbons (Fsp3) is 0.400. The normalized spacial score (nSPS) is 12.9. The van der Waals surface area contributed by atoms with Gasteiger partial charge in [0, 0.05) is 0 Å². The zero-order valence-electron chi connectivity index (χ0n) is 6.18. The first-order valence-corrected chi connectivity index (χ1v) is 2.77. The van der Waals surface area contributed by atoms with Gasteiger partial charge in [-0.05, 0) is 13.8 Å². The zero-order chi connectivity index (χ0) is 8.85. The van der Waals surface area contributed by atoms with Crippen LogP contribution in [0.3, 0.4) is 0 Å². The molecule has 0 atom stereocenters. The Kier molecular flexibility index (Phi) is 3.65. The van der Waals surface area contributed by atoms with E-state index in [1.165, 1.54) is 13.8 Å². The van der Waals surface area contributed by atoms with E-state index in [2.05, 4.69) is 15.5 Å². The number of hydrogen-bond donors (Lipinski definition) is 3. The molecule has 0 aliphatic rings. The van der Waals surface area contributed by atoms with Gasteiger partial charge in [-0.25, -0.2) is 0 Å². The van der Waals surface area contributed by atoms with Crippen LogP contribution in [0.5, 0.6) is 0 Å². The van der Waals surface area contributed by atoms with Crippen LogP contribution in [-0.2, 0) is 0 Å². The maximum Gasteiger partial charge on any atom is 0.151 e. The molecule has 3 N–H and O–H groups in total. The maximum absolute atomic E-state index is 8.33. The van der Waals surface area contributed by atoms with Gasteiger partial charge >= 0.3 is 0 Å². The molecular weight excluding hydrogens is 150 g/mol. The summed E-state index contributed by atoms with van der Waals surface area (Å²) in [6.07, 6.45) is 0. The minimum absolute atomic E-state index is 0.0602. The van der Waals surface area contributed by atoms with Crippen molar-refractivity contribution in [1.82, 2.24) is 0 Å². The molecule has 62 valence electrons. The Labute approximate surface area is 63.1 Å². The predicted molar refractivity (Wildman–Crippen MR) is 39.0 cm³/mol. The van der Waals surface area contributed by atoms with Crippen LogP contribution in [0.2, 0.25) is 0 Å². The van der Waals surface area contributed by atoms with Gasteiger partial charge in [0.2, 0.25) is 0 Å². The van der Waals surface area contributed by atoms with Gasteiger partial charge in [0.05, 0.1) is 0 Å². The Bertz CT molecular complexity index is 199. The lowest BCUT2D eigenvalue weighted by Gasteiger charge is -1.97. The third-order valence-corrected chi connectivity index (χ3v) is 1.09. The Balaban J connectivity index is 4.72. The molecule has 0 radical (unpaired) electrons. The molecule has 0 aliphatic heterocycles. The molecule has 0 aromatic rings. The van der Waals surface area contributed by atoms with Gasteiger partial charge in [-0.2, -0.15) is 0 Å². The Morgan fingerprint density at radius 1 is 0.818 bits per heavy atom. The van der Waals surface area contributed by atoms with E-state index in [1.807, 2.05) is 0 Å². The fourth-order valence-corrected chi connectivity index (χ4v) is 0.501. The summed E-state index contributed by atoms with van der Waals surface area (Å²) in [6.45, 7) is 2.81. The van der Waals surface area contributed by atoms with E-state index in [0.29, 0.717) is 0 Å². The second kappa shape index (κ2) is 4.26. The van der Waals surface area contributed by atoms with Crippen molar-refractivity contribution in [2.24, 2.45) is 15.5 Å². The molecule has 0 saturated heterocycles. The van der Waals surface area contributed by atoms with E-state index in [4.69, 9.17) is 15.6 Å². The largest absolute Gasteiger partial charge is 0.411 e. The van der Waals surface area contributed by atoms with Crippen molar-refractivity contribution in [2.45, 2.75) is 13.8 Å². The molecule has 0 aromatic carbocycles. The van der Waals surface area contributed by atoms with Crippen LogP contribution in [0.1, 0.15) is 13.8 Å². The van der Waals surface area contributed by atoms with Gasteiger partial charge in [-0.15, -0.1) is 0 Å². The molecule has 0 aliphatic carbocycles. The Hall–Kier alpha value is -1.59. The summed E-state index contributed by atoms with van der Waals surface area (Å²) in [5, 5.41) is 33.1. The lowest BCUT2D eigenvalue weighted by Crippen LogP contribution is -2.19. The van der Waals surface area contributed by atoms with Crippen molar-refractivity contribution in [1.29, 1.82) is 0 Å². The van der Waals surface area contributed by atoms with Crippen LogP contribution in [-0.4, -0.2) is 32.8 Å². The molecule has 0 saturated carbocycles. The molecule has 6 nitrogen and oxygen atoms in total. The van der Waals surface area contributed by atoms with Crippen molar-refractivity contribution < 1.29 is 15.6 Å². The molecule has 0 rings (SSSR count). The quantitative estimate of drug-likeness (QED) is 0.311. The zero-order valence-corrected chi connectivity index (χ0v) is 6.18. The Morgan fingerprint density at radius 2 is 1.18 bits per heavy atom. The summed E-state index contributed by atoms with van der Waals surface area (Å²) >= 11 is 0. The summed E-state index contributed by atoms with van der Waals surface area (Å²) in [4.78, 5) is 0. The number of oxime groups is 3. The topological polar surface area (TPSA) is 97.8 Å². The third kappa shape index (κ3) is 2.24. The summed E-state index contributed by atoms with van der Waals surface area (Å²) in [5.41, 5.74) is 0.0839. The van der Waals surface area contributed by atoms with Crippen molar-refractivity contribution in [3.8, 4) is 0 Å². The van der Waals surface area contributed by atoms with E-state index in [1.54, 1.807) is 0 Å². The molecule has 0 unspecified atom stereocenters. The SMILES string of the molecule is C/C(=N/O)C(=NO)/C(C)=N\O. The molecule has 0 fully saturated rings. The van der Waals surface area contributed by atoms with Gasteiger partial charge in [0.15, 0.2) is 5.71 Å². The summed E-state index contributed by atoms with van der Waals surface area (Å²) in [7, 11) is 0. The minimum Gasteiger partial charge on any atom is -0.411 e. The maximum atomic E-state index is 8.33. The van der Waals surface area contributed by atoms with Gasteiger partial charge in [0.25, 0.3) is 0 Å². The van der Waals surface area contributed by atoms with Crippen LogP contribution in [0, 0.1) is 0 Å². The number of rotatable bonds is 2. The molecule has 0 aromatic heterocycles. The van der Waals surface area contributed by atoms with E-state index in [0.717, 1.165) is 0 Å². The van der Waals surface area contributed by atoms with Gasteiger partial charge < -0.3 is 15.6 Å². The van der Waals surface area contributed by atoms with Crippen LogP contribution in [0.4, 0.5) is 0 Å². The first kappa shape index (κ1) is 9.41. The van der Waals surface area contributed by atoms with Crippen molar-refractivity contribution >= 4 is 17.1 Å². The van der Waals surface area contributed by atoms with Crippen molar-refractivity contribution in [3.05, 3.63) is 0 Å². The van der Waals surface area contributed by atoms with Crippen molar-refractivity contribution in [2.75, 3.05) is 0 Å². The number of hydrogen-bond acceptors (Lipinski definition) is 6. The first-order chi connectivity index (χ1) is 5.17. The fourth-order valence-electron chi connectivity index (χ4n) is 0.501. The first-order valence-electron chi connectivity index (χ1n) is 2.77. The van der Waals surface area contributed by atoms with Crippen LogP contribution >= 0.6 is 0 Å². The monoisotopic (exact) mass is 159 g/mol. The molecular formula is C5H9N3O3. The average molecular weight is 159 g/mol. The lowest BCUT2D eigenvalue weighted by molar-refractivity contribution is 0.311. The summed E-state index contributed by atoms with van der Waals surface area (Å²) in [5.74, 6) is 0. The highest BCUT2D eigenvalue weighted by molar-refractivity contribution is 6.67. The predicted octanol–water partition coefficient (Wildman–Crippen LogP) is 0.517. The van der Waals surface area contributed by atoms with E-state index >= 15 is 0 Å². The second-order valence-corrected chi connectivity index (χ2v) is 1.82. The molecule has 0 amide bonds. The minimum atomic E-state index is -0.0602. The average Bonchev–Trinajstić information content (AvgIpc) is 2.05. The highest BCUT2D eigenvalue weighted by Crippen LogP contribution is 1.87. The lowest BCUT2D eigenvalue weighted by atomic mass is 10.2.